The van der Waals surface area contributed by atoms with E-state index in [0.717, 1.165) is 12.8 Å². The van der Waals surface area contributed by atoms with Gasteiger partial charge in [-0.15, -0.1) is 0 Å². The number of carbonyl (C=O) groups excluding carboxylic acids is 1. The van der Waals surface area contributed by atoms with Crippen molar-refractivity contribution in [1.29, 1.82) is 0 Å². The van der Waals surface area contributed by atoms with E-state index in [1.54, 1.807) is 6.07 Å². The fourth-order valence-corrected chi connectivity index (χ4v) is 3.35. The highest BCUT2D eigenvalue weighted by Gasteiger charge is 2.46. The lowest BCUT2D eigenvalue weighted by Crippen LogP contribution is -2.52. The molecule has 1 saturated heterocycles. The lowest BCUT2D eigenvalue weighted by molar-refractivity contribution is -0.117. The molecule has 1 aromatic carbocycles. The van der Waals surface area contributed by atoms with Crippen LogP contribution in [0.5, 0.6) is 0 Å². The number of hydrogen-bond acceptors (Lipinski definition) is 5. The second-order valence-corrected chi connectivity index (χ2v) is 6.67. The molecule has 144 valence electrons. The highest BCUT2D eigenvalue weighted by atomic mass is 16.5. The Hall–Kier alpha value is -1.96. The quantitative estimate of drug-likeness (QED) is 0.617. The lowest BCUT2D eigenvalue weighted by atomic mass is 9.96. The van der Waals surface area contributed by atoms with Crippen molar-refractivity contribution < 1.29 is 29.6 Å². The van der Waals surface area contributed by atoms with Crippen LogP contribution in [0.3, 0.4) is 0 Å². The van der Waals surface area contributed by atoms with E-state index in [-0.39, 0.29) is 43.8 Å². The van der Waals surface area contributed by atoms with E-state index in [4.69, 9.17) is 4.74 Å². The molecule has 1 aliphatic heterocycles. The van der Waals surface area contributed by atoms with Crippen molar-refractivity contribution in [2.75, 3.05) is 18.1 Å². The van der Waals surface area contributed by atoms with Crippen molar-refractivity contribution in [3.05, 3.63) is 29.3 Å². The van der Waals surface area contributed by atoms with Gasteiger partial charge in [0.2, 0.25) is 5.91 Å². The molecular formula is C19H27NO6. The van der Waals surface area contributed by atoms with Gasteiger partial charge in [-0.3, -0.25) is 4.79 Å². The monoisotopic (exact) mass is 365 g/mol. The van der Waals surface area contributed by atoms with Crippen LogP contribution in [0.25, 0.3) is 0 Å². The van der Waals surface area contributed by atoms with Crippen molar-refractivity contribution in [3.63, 3.8) is 0 Å². The molecule has 1 aliphatic rings. The molecule has 7 heteroatoms. The third-order valence-corrected chi connectivity index (χ3v) is 5.07. The maximum absolute atomic E-state index is 12.5. The van der Waals surface area contributed by atoms with Crippen molar-refractivity contribution in [2.45, 2.75) is 57.8 Å². The molecule has 0 saturated carbocycles. The number of anilines is 1. The van der Waals surface area contributed by atoms with E-state index >= 15 is 0 Å². The van der Waals surface area contributed by atoms with Crippen LogP contribution in [0.1, 0.15) is 55.5 Å². The summed E-state index contributed by atoms with van der Waals surface area (Å²) in [5.41, 5.74) is 0.0536. The predicted octanol–water partition coefficient (Wildman–Crippen LogP) is 1.94. The van der Waals surface area contributed by atoms with E-state index in [0.29, 0.717) is 17.7 Å². The molecule has 0 spiro atoms. The largest absolute Gasteiger partial charge is 0.478 e. The fourth-order valence-electron chi connectivity index (χ4n) is 3.35. The number of carboxylic acids is 1. The van der Waals surface area contributed by atoms with E-state index in [9.17, 15) is 24.9 Å². The summed E-state index contributed by atoms with van der Waals surface area (Å²) in [6.07, 6.45) is 2.24. The Bertz CT molecular complexity index is 651. The summed E-state index contributed by atoms with van der Waals surface area (Å²) >= 11 is 0. The first kappa shape index (κ1) is 20.4. The Labute approximate surface area is 153 Å². The number of ether oxygens (including phenoxy) is 1. The Morgan fingerprint density at radius 1 is 1.27 bits per heavy atom. The Kier molecular flexibility index (Phi) is 6.75. The third-order valence-electron chi connectivity index (χ3n) is 5.07. The van der Waals surface area contributed by atoms with Gasteiger partial charge in [0.15, 0.2) is 0 Å². The minimum atomic E-state index is -1.08. The third kappa shape index (κ3) is 3.90. The van der Waals surface area contributed by atoms with Crippen LogP contribution < -0.4 is 4.90 Å². The molecule has 1 aromatic rings. The molecule has 26 heavy (non-hydrogen) atoms. The molecule has 0 bridgehead atoms. The highest BCUT2D eigenvalue weighted by Crippen LogP contribution is 2.37. The zero-order valence-corrected chi connectivity index (χ0v) is 15.3. The van der Waals surface area contributed by atoms with Crippen LogP contribution in [0, 0.1) is 0 Å². The number of carbonyl (C=O) groups is 2. The van der Waals surface area contributed by atoms with Gasteiger partial charge < -0.3 is 25.0 Å². The van der Waals surface area contributed by atoms with Gasteiger partial charge in [0.05, 0.1) is 42.7 Å². The van der Waals surface area contributed by atoms with E-state index in [2.05, 4.69) is 0 Å². The molecule has 7 nitrogen and oxygen atoms in total. The smallest absolute Gasteiger partial charge is 0.335 e. The molecule has 3 N–H and O–H groups in total. The van der Waals surface area contributed by atoms with E-state index < -0.39 is 11.5 Å². The Balaban J connectivity index is 2.45. The fraction of sp³-hybridized carbons (Fsp3) is 0.579. The van der Waals surface area contributed by atoms with Crippen LogP contribution in [-0.4, -0.2) is 52.1 Å². The molecule has 0 aliphatic carbocycles. The second kappa shape index (κ2) is 8.62. The van der Waals surface area contributed by atoms with Gasteiger partial charge in [0, 0.05) is 12.0 Å². The maximum Gasteiger partial charge on any atom is 0.335 e. The number of carboxylic acid groups (broad SMARTS) is 1. The van der Waals surface area contributed by atoms with Gasteiger partial charge in [-0.05, 0) is 37.5 Å². The number of rotatable bonds is 9. The minimum absolute atomic E-state index is 0.0334. The van der Waals surface area contributed by atoms with Crippen molar-refractivity contribution in [2.24, 2.45) is 0 Å². The zero-order chi connectivity index (χ0) is 19.3. The molecule has 1 fully saturated rings. The van der Waals surface area contributed by atoms with Crippen LogP contribution in [0.4, 0.5) is 5.69 Å². The first-order chi connectivity index (χ1) is 12.4. The molecular weight excluding hydrogens is 338 g/mol. The number of nitrogens with zero attached hydrogens (tertiary/aromatic N) is 1. The average Bonchev–Trinajstić information content (AvgIpc) is 2.99. The van der Waals surface area contributed by atoms with E-state index in [1.165, 1.54) is 17.0 Å². The zero-order valence-electron chi connectivity index (χ0n) is 15.3. The summed E-state index contributed by atoms with van der Waals surface area (Å²) in [6, 6.07) is 4.47. The minimum Gasteiger partial charge on any atom is -0.478 e. The SMILES string of the molecule is CCC(CC)OCc1cc(C(=O)O)ccc1N1C(=O)CCC1(CO)CO. The van der Waals surface area contributed by atoms with Crippen molar-refractivity contribution in [3.8, 4) is 0 Å². The Morgan fingerprint density at radius 2 is 1.92 bits per heavy atom. The highest BCUT2D eigenvalue weighted by molar-refractivity contribution is 5.99. The van der Waals surface area contributed by atoms with Gasteiger partial charge in [-0.1, -0.05) is 13.8 Å². The number of aromatic carboxylic acids is 1. The van der Waals surface area contributed by atoms with Crippen LogP contribution in [0.15, 0.2) is 18.2 Å². The molecule has 0 atom stereocenters. The molecule has 0 unspecified atom stereocenters. The van der Waals surface area contributed by atoms with Gasteiger partial charge in [-0.25, -0.2) is 4.79 Å². The van der Waals surface area contributed by atoms with Gasteiger partial charge in [0.1, 0.15) is 0 Å². The summed E-state index contributed by atoms with van der Waals surface area (Å²) < 4.78 is 5.88. The molecule has 0 radical (unpaired) electrons. The summed E-state index contributed by atoms with van der Waals surface area (Å²) in [4.78, 5) is 25.2. The van der Waals surface area contributed by atoms with Gasteiger partial charge >= 0.3 is 5.97 Å². The Morgan fingerprint density at radius 3 is 2.46 bits per heavy atom. The average molecular weight is 365 g/mol. The van der Waals surface area contributed by atoms with Crippen LogP contribution in [-0.2, 0) is 16.1 Å². The van der Waals surface area contributed by atoms with Crippen LogP contribution in [0.2, 0.25) is 0 Å². The second-order valence-electron chi connectivity index (χ2n) is 6.67. The first-order valence-electron chi connectivity index (χ1n) is 8.95. The van der Waals surface area contributed by atoms with Gasteiger partial charge in [0.25, 0.3) is 0 Å². The van der Waals surface area contributed by atoms with E-state index in [1.807, 2.05) is 13.8 Å². The normalized spacial score (nSPS) is 16.5. The molecule has 2 rings (SSSR count). The molecule has 1 amide bonds. The predicted molar refractivity (Wildman–Crippen MR) is 96.2 cm³/mol. The van der Waals surface area contributed by atoms with Crippen molar-refractivity contribution >= 4 is 17.6 Å². The van der Waals surface area contributed by atoms with Gasteiger partial charge in [-0.2, -0.15) is 0 Å². The summed E-state index contributed by atoms with van der Waals surface area (Å²) in [6.45, 7) is 3.43. The first-order valence-corrected chi connectivity index (χ1v) is 8.95. The summed E-state index contributed by atoms with van der Waals surface area (Å²) in [5, 5.41) is 28.9. The summed E-state index contributed by atoms with van der Waals surface area (Å²) in [5.74, 6) is -1.27. The topological polar surface area (TPSA) is 107 Å². The molecule has 0 aromatic heterocycles. The maximum atomic E-state index is 12.5. The lowest BCUT2D eigenvalue weighted by Gasteiger charge is -2.36. The number of hydrogen-bond donors (Lipinski definition) is 3. The number of amides is 1. The number of aliphatic hydroxyl groups is 2. The van der Waals surface area contributed by atoms with Crippen LogP contribution >= 0.6 is 0 Å². The number of aliphatic hydroxyl groups excluding tert-OH is 2. The number of benzene rings is 1. The van der Waals surface area contributed by atoms with Crippen molar-refractivity contribution in [1.82, 2.24) is 0 Å². The standard InChI is InChI=1S/C19H27NO6/c1-3-15(4-2)26-10-14-9-13(18(24)25)5-6-16(14)20-17(23)7-8-19(20,11-21)12-22/h5-6,9,15,21-22H,3-4,7-8,10-12H2,1-2H3,(H,24,25). The summed E-state index contributed by atoms with van der Waals surface area (Å²) in [7, 11) is 0. The molecule has 1 heterocycles.